The third-order valence-electron chi connectivity index (χ3n) is 3.00. The molecule has 0 aliphatic rings. The molecule has 2 aromatic heterocycles. The number of nitrogens with zero attached hydrogens (tertiary/aromatic N) is 5. The SMILES string of the molecule is CN(CC(=O)N(C)c1cn(-c2cccnc2)nc1Cl)C(=O)O. The number of carboxylic acid groups (broad SMARTS) is 1. The van der Waals surface area contributed by atoms with Gasteiger partial charge in [-0.2, -0.15) is 5.10 Å². The molecule has 2 rings (SSSR count). The van der Waals surface area contributed by atoms with Crippen molar-refractivity contribution in [2.75, 3.05) is 25.5 Å². The van der Waals surface area contributed by atoms with Crippen LogP contribution in [0.15, 0.2) is 30.7 Å². The molecule has 0 bridgehead atoms. The molecule has 0 unspecified atom stereocenters. The summed E-state index contributed by atoms with van der Waals surface area (Å²) in [5, 5.41) is 13.0. The predicted octanol–water partition coefficient (Wildman–Crippen LogP) is 1.49. The Morgan fingerprint density at radius 1 is 1.41 bits per heavy atom. The van der Waals surface area contributed by atoms with E-state index in [-0.39, 0.29) is 11.7 Å². The zero-order valence-electron chi connectivity index (χ0n) is 12.0. The van der Waals surface area contributed by atoms with Gasteiger partial charge in [0, 0.05) is 20.3 Å². The molecule has 2 aromatic rings. The van der Waals surface area contributed by atoms with E-state index < -0.39 is 12.0 Å². The van der Waals surface area contributed by atoms with Gasteiger partial charge in [0.1, 0.15) is 12.2 Å². The van der Waals surface area contributed by atoms with Crippen molar-refractivity contribution in [2.24, 2.45) is 0 Å². The fraction of sp³-hybridized carbons (Fsp3) is 0.231. The molecule has 2 heterocycles. The molecule has 0 spiro atoms. The molecule has 0 fully saturated rings. The van der Waals surface area contributed by atoms with Crippen LogP contribution in [0.25, 0.3) is 5.69 Å². The van der Waals surface area contributed by atoms with Crippen molar-refractivity contribution in [1.29, 1.82) is 0 Å². The zero-order chi connectivity index (χ0) is 16.3. The second-order valence-electron chi connectivity index (χ2n) is 4.55. The topological polar surface area (TPSA) is 91.6 Å². The lowest BCUT2D eigenvalue weighted by Gasteiger charge is -2.19. The van der Waals surface area contributed by atoms with Gasteiger partial charge in [0.05, 0.1) is 18.1 Å². The van der Waals surface area contributed by atoms with Gasteiger partial charge in [-0.15, -0.1) is 0 Å². The van der Waals surface area contributed by atoms with Crippen LogP contribution >= 0.6 is 11.6 Å². The maximum Gasteiger partial charge on any atom is 0.407 e. The normalized spacial score (nSPS) is 10.3. The van der Waals surface area contributed by atoms with E-state index in [1.54, 1.807) is 30.7 Å². The number of hydrogen-bond donors (Lipinski definition) is 1. The highest BCUT2D eigenvalue weighted by atomic mass is 35.5. The number of aromatic nitrogens is 3. The van der Waals surface area contributed by atoms with Gasteiger partial charge < -0.3 is 14.9 Å². The van der Waals surface area contributed by atoms with Crippen molar-refractivity contribution < 1.29 is 14.7 Å². The first kappa shape index (κ1) is 15.8. The molecule has 0 aromatic carbocycles. The fourth-order valence-electron chi connectivity index (χ4n) is 1.70. The summed E-state index contributed by atoms with van der Waals surface area (Å²) in [6.45, 7) is -0.278. The number of likely N-dealkylation sites (N-methyl/N-ethyl adjacent to an activating group) is 2. The second kappa shape index (κ2) is 6.44. The summed E-state index contributed by atoms with van der Waals surface area (Å²) in [5.74, 6) is -0.419. The van der Waals surface area contributed by atoms with Crippen molar-refractivity contribution in [2.45, 2.75) is 0 Å². The van der Waals surface area contributed by atoms with Crippen molar-refractivity contribution >= 4 is 29.3 Å². The van der Waals surface area contributed by atoms with Crippen molar-refractivity contribution in [3.8, 4) is 5.69 Å². The fourth-order valence-corrected chi connectivity index (χ4v) is 1.96. The number of pyridine rings is 1. The number of rotatable bonds is 4. The first-order chi connectivity index (χ1) is 10.4. The van der Waals surface area contributed by atoms with Gasteiger partial charge in [-0.3, -0.25) is 9.78 Å². The van der Waals surface area contributed by atoms with Crippen LogP contribution < -0.4 is 4.90 Å². The summed E-state index contributed by atoms with van der Waals surface area (Å²) in [7, 11) is 2.82. The maximum absolute atomic E-state index is 12.1. The van der Waals surface area contributed by atoms with E-state index >= 15 is 0 Å². The number of hydrogen-bond acceptors (Lipinski definition) is 4. The molecule has 0 atom stereocenters. The van der Waals surface area contributed by atoms with Crippen LogP contribution in [-0.2, 0) is 4.79 Å². The van der Waals surface area contributed by atoms with Gasteiger partial charge in [-0.05, 0) is 12.1 Å². The zero-order valence-corrected chi connectivity index (χ0v) is 12.7. The van der Waals surface area contributed by atoms with E-state index in [0.717, 1.165) is 4.90 Å². The average Bonchev–Trinajstić information content (AvgIpc) is 2.89. The highest BCUT2D eigenvalue weighted by Gasteiger charge is 2.20. The number of carbonyl (C=O) groups is 2. The van der Waals surface area contributed by atoms with Gasteiger partial charge >= 0.3 is 6.09 Å². The Balaban J connectivity index is 2.20. The average molecular weight is 324 g/mol. The summed E-state index contributed by atoms with van der Waals surface area (Å²) in [5.41, 5.74) is 1.08. The molecule has 9 heteroatoms. The quantitative estimate of drug-likeness (QED) is 0.920. The van der Waals surface area contributed by atoms with Crippen molar-refractivity contribution in [1.82, 2.24) is 19.7 Å². The van der Waals surface area contributed by atoms with Crippen molar-refractivity contribution in [3.05, 3.63) is 35.9 Å². The molecular weight excluding hydrogens is 310 g/mol. The summed E-state index contributed by atoms with van der Waals surface area (Å²) in [4.78, 5) is 29.0. The monoisotopic (exact) mass is 323 g/mol. The minimum atomic E-state index is -1.18. The van der Waals surface area contributed by atoms with Crippen LogP contribution in [0, 0.1) is 0 Å². The first-order valence-electron chi connectivity index (χ1n) is 6.26. The molecule has 116 valence electrons. The van der Waals surface area contributed by atoms with Crippen LogP contribution in [0.4, 0.5) is 10.5 Å². The van der Waals surface area contributed by atoms with Gasteiger partial charge in [0.15, 0.2) is 5.15 Å². The third kappa shape index (κ3) is 3.34. The lowest BCUT2D eigenvalue weighted by molar-refractivity contribution is -0.118. The lowest BCUT2D eigenvalue weighted by atomic mass is 10.4. The minimum Gasteiger partial charge on any atom is -0.465 e. The van der Waals surface area contributed by atoms with E-state index in [0.29, 0.717) is 11.4 Å². The molecule has 0 aliphatic carbocycles. The predicted molar refractivity (Wildman–Crippen MR) is 80.4 cm³/mol. The van der Waals surface area contributed by atoms with E-state index in [2.05, 4.69) is 10.1 Å². The Hall–Kier alpha value is -2.61. The van der Waals surface area contributed by atoms with Gasteiger partial charge in [0.25, 0.3) is 0 Å². The molecule has 0 saturated carbocycles. The number of anilines is 1. The second-order valence-corrected chi connectivity index (χ2v) is 4.91. The maximum atomic E-state index is 12.1. The van der Waals surface area contributed by atoms with Crippen LogP contribution in [-0.4, -0.2) is 57.4 Å². The van der Waals surface area contributed by atoms with E-state index in [1.165, 1.54) is 23.7 Å². The number of amides is 2. The lowest BCUT2D eigenvalue weighted by Crippen LogP contribution is -2.38. The largest absolute Gasteiger partial charge is 0.465 e. The molecule has 0 saturated heterocycles. The van der Waals surface area contributed by atoms with Crippen LogP contribution in [0.5, 0.6) is 0 Å². The molecule has 0 radical (unpaired) electrons. The van der Waals surface area contributed by atoms with Gasteiger partial charge in [-0.1, -0.05) is 11.6 Å². The smallest absolute Gasteiger partial charge is 0.407 e. The minimum absolute atomic E-state index is 0.137. The van der Waals surface area contributed by atoms with Crippen LogP contribution in [0.1, 0.15) is 0 Å². The number of halogens is 1. The van der Waals surface area contributed by atoms with Gasteiger partial charge in [-0.25, -0.2) is 9.48 Å². The Kier molecular flexibility index (Phi) is 4.62. The Morgan fingerprint density at radius 2 is 2.14 bits per heavy atom. The first-order valence-corrected chi connectivity index (χ1v) is 6.64. The molecule has 22 heavy (non-hydrogen) atoms. The van der Waals surface area contributed by atoms with Crippen LogP contribution in [0.3, 0.4) is 0 Å². The molecule has 8 nitrogen and oxygen atoms in total. The van der Waals surface area contributed by atoms with Gasteiger partial charge in [0.2, 0.25) is 5.91 Å². The Labute approximate surface area is 131 Å². The summed E-state index contributed by atoms with van der Waals surface area (Å²) < 4.78 is 1.50. The third-order valence-corrected chi connectivity index (χ3v) is 3.27. The highest BCUT2D eigenvalue weighted by Crippen LogP contribution is 2.25. The van der Waals surface area contributed by atoms with Crippen LogP contribution in [0.2, 0.25) is 5.15 Å². The highest BCUT2D eigenvalue weighted by molar-refractivity contribution is 6.32. The Bertz CT molecular complexity index is 688. The molecule has 1 N–H and O–H groups in total. The van der Waals surface area contributed by atoms with E-state index in [4.69, 9.17) is 16.7 Å². The summed E-state index contributed by atoms with van der Waals surface area (Å²) in [6.07, 6.45) is 3.64. The Morgan fingerprint density at radius 3 is 2.73 bits per heavy atom. The van der Waals surface area contributed by atoms with E-state index in [1.807, 2.05) is 0 Å². The van der Waals surface area contributed by atoms with E-state index in [9.17, 15) is 9.59 Å². The molecule has 0 aliphatic heterocycles. The number of carbonyl (C=O) groups excluding carboxylic acids is 1. The molecular formula is C13H14ClN5O3. The molecule has 2 amide bonds. The summed E-state index contributed by atoms with van der Waals surface area (Å²) in [6, 6.07) is 3.54. The van der Waals surface area contributed by atoms with Crippen molar-refractivity contribution in [3.63, 3.8) is 0 Å². The standard InChI is InChI=1S/C13H14ClN5O3/c1-17(13(21)22)8-11(20)18(2)10-7-19(16-12(10)14)9-4-3-5-15-6-9/h3-7H,8H2,1-2H3,(H,21,22). The summed E-state index contributed by atoms with van der Waals surface area (Å²) >= 11 is 6.06.